The van der Waals surface area contributed by atoms with Crippen molar-refractivity contribution >= 4 is 23.8 Å². The van der Waals surface area contributed by atoms with Crippen LogP contribution >= 0.6 is 0 Å². The maximum Gasteiger partial charge on any atom is 0.328 e. The molecule has 0 fully saturated rings. The minimum atomic E-state index is -1.09. The van der Waals surface area contributed by atoms with E-state index in [1.165, 1.54) is 24.5 Å². The van der Waals surface area contributed by atoms with Gasteiger partial charge in [-0.1, -0.05) is 6.07 Å². The van der Waals surface area contributed by atoms with Crippen molar-refractivity contribution < 1.29 is 14.7 Å². The molecule has 6 heteroatoms. The predicted octanol–water partition coefficient (Wildman–Crippen LogP) is 1.83. The molecule has 20 heavy (non-hydrogen) atoms. The van der Waals surface area contributed by atoms with Crippen LogP contribution in [0.2, 0.25) is 0 Å². The zero-order chi connectivity index (χ0) is 14.4. The van der Waals surface area contributed by atoms with Crippen molar-refractivity contribution in [3.8, 4) is 0 Å². The summed E-state index contributed by atoms with van der Waals surface area (Å²) in [5, 5.41) is 11.2. The number of pyridine rings is 2. The van der Waals surface area contributed by atoms with Gasteiger partial charge in [-0.2, -0.15) is 0 Å². The van der Waals surface area contributed by atoms with Gasteiger partial charge in [0.25, 0.3) is 5.91 Å². The van der Waals surface area contributed by atoms with Crippen molar-refractivity contribution in [2.45, 2.75) is 0 Å². The molecule has 2 aromatic heterocycles. The van der Waals surface area contributed by atoms with E-state index in [1.54, 1.807) is 24.4 Å². The van der Waals surface area contributed by atoms with E-state index in [4.69, 9.17) is 5.11 Å². The average molecular weight is 269 g/mol. The molecular formula is C14H11N3O3. The van der Waals surface area contributed by atoms with E-state index in [0.29, 0.717) is 16.9 Å². The maximum absolute atomic E-state index is 12.1. The van der Waals surface area contributed by atoms with E-state index in [0.717, 1.165) is 6.08 Å². The minimum Gasteiger partial charge on any atom is -0.478 e. The largest absolute Gasteiger partial charge is 0.478 e. The summed E-state index contributed by atoms with van der Waals surface area (Å²) in [6.07, 6.45) is 6.73. The number of nitrogens with one attached hydrogen (secondary N) is 1. The van der Waals surface area contributed by atoms with Crippen LogP contribution in [-0.2, 0) is 4.79 Å². The minimum absolute atomic E-state index is 0.322. The van der Waals surface area contributed by atoms with Crippen LogP contribution in [0.5, 0.6) is 0 Å². The molecule has 0 atom stereocenters. The zero-order valence-corrected chi connectivity index (χ0v) is 10.4. The van der Waals surface area contributed by atoms with Gasteiger partial charge in [0, 0.05) is 30.2 Å². The first-order valence-corrected chi connectivity index (χ1v) is 5.74. The highest BCUT2D eigenvalue weighted by Crippen LogP contribution is 2.11. The highest BCUT2D eigenvalue weighted by Gasteiger charge is 2.10. The van der Waals surface area contributed by atoms with Crippen LogP contribution in [0.4, 0.5) is 5.82 Å². The second-order valence-corrected chi connectivity index (χ2v) is 3.80. The molecule has 0 bridgehead atoms. The monoisotopic (exact) mass is 269 g/mol. The van der Waals surface area contributed by atoms with Gasteiger partial charge < -0.3 is 10.4 Å². The highest BCUT2D eigenvalue weighted by atomic mass is 16.4. The van der Waals surface area contributed by atoms with Gasteiger partial charge in [-0.05, 0) is 24.3 Å². The van der Waals surface area contributed by atoms with Crippen LogP contribution in [0.1, 0.15) is 15.9 Å². The smallest absolute Gasteiger partial charge is 0.328 e. The van der Waals surface area contributed by atoms with Crippen LogP contribution < -0.4 is 5.32 Å². The SMILES string of the molecule is O=C(O)C=Cc1cnccc1C(=O)Nc1ccccn1. The molecular weight excluding hydrogens is 258 g/mol. The number of carbonyl (C=O) groups is 2. The third-order valence-corrected chi connectivity index (χ3v) is 2.41. The van der Waals surface area contributed by atoms with E-state index in [2.05, 4.69) is 15.3 Å². The number of amides is 1. The molecule has 0 aromatic carbocycles. The molecule has 6 nitrogen and oxygen atoms in total. The first-order valence-electron chi connectivity index (χ1n) is 5.74. The molecule has 2 rings (SSSR count). The molecule has 0 saturated heterocycles. The van der Waals surface area contributed by atoms with Gasteiger partial charge in [0.1, 0.15) is 5.82 Å². The Balaban J connectivity index is 2.24. The molecule has 0 aliphatic rings. The number of hydrogen-bond donors (Lipinski definition) is 2. The molecule has 0 aliphatic heterocycles. The molecule has 0 saturated carbocycles. The standard InChI is InChI=1S/C14H11N3O3/c18-13(19)5-4-10-9-15-8-6-11(10)14(20)17-12-3-1-2-7-16-12/h1-9H,(H,18,19)(H,16,17,20). The Kier molecular flexibility index (Phi) is 4.18. The molecule has 100 valence electrons. The van der Waals surface area contributed by atoms with Crippen LogP contribution in [0, 0.1) is 0 Å². The number of carbonyl (C=O) groups excluding carboxylic acids is 1. The number of rotatable bonds is 4. The maximum atomic E-state index is 12.1. The Bertz CT molecular complexity index is 654. The van der Waals surface area contributed by atoms with Crippen molar-refractivity contribution in [1.29, 1.82) is 0 Å². The number of nitrogens with zero attached hydrogens (tertiary/aromatic N) is 2. The van der Waals surface area contributed by atoms with Gasteiger partial charge in [-0.15, -0.1) is 0 Å². The fourth-order valence-electron chi connectivity index (χ4n) is 1.53. The van der Waals surface area contributed by atoms with Gasteiger partial charge in [0.2, 0.25) is 0 Å². The Morgan fingerprint density at radius 1 is 1.20 bits per heavy atom. The second kappa shape index (κ2) is 6.24. The molecule has 1 amide bonds. The Morgan fingerprint density at radius 3 is 2.75 bits per heavy atom. The summed E-state index contributed by atoms with van der Waals surface area (Å²) in [5.41, 5.74) is 0.742. The van der Waals surface area contributed by atoms with Crippen LogP contribution in [0.15, 0.2) is 48.9 Å². The summed E-state index contributed by atoms with van der Waals surface area (Å²) in [7, 11) is 0. The first kappa shape index (κ1) is 13.4. The van der Waals surface area contributed by atoms with Gasteiger partial charge in [0.05, 0.1) is 5.56 Å². The van der Waals surface area contributed by atoms with Gasteiger partial charge in [0.15, 0.2) is 0 Å². The van der Waals surface area contributed by atoms with Crippen molar-refractivity contribution in [3.63, 3.8) is 0 Å². The van der Waals surface area contributed by atoms with E-state index in [1.807, 2.05) is 0 Å². The summed E-state index contributed by atoms with van der Waals surface area (Å²) in [6, 6.07) is 6.66. The van der Waals surface area contributed by atoms with Crippen LogP contribution in [-0.4, -0.2) is 27.0 Å². The summed E-state index contributed by atoms with van der Waals surface area (Å²) in [5.74, 6) is -1.05. The fourth-order valence-corrected chi connectivity index (χ4v) is 1.53. The van der Waals surface area contributed by atoms with Gasteiger partial charge >= 0.3 is 5.97 Å². The number of aliphatic carboxylic acids is 1. The number of aromatic nitrogens is 2. The molecule has 0 spiro atoms. The normalized spacial score (nSPS) is 10.4. The number of anilines is 1. The van der Waals surface area contributed by atoms with Crippen molar-refractivity contribution in [1.82, 2.24) is 9.97 Å². The molecule has 0 radical (unpaired) electrons. The topological polar surface area (TPSA) is 92.2 Å². The third kappa shape index (κ3) is 3.49. The number of hydrogen-bond acceptors (Lipinski definition) is 4. The second-order valence-electron chi connectivity index (χ2n) is 3.80. The van der Waals surface area contributed by atoms with Gasteiger partial charge in [-0.3, -0.25) is 9.78 Å². The van der Waals surface area contributed by atoms with Crippen LogP contribution in [0.3, 0.4) is 0 Å². The van der Waals surface area contributed by atoms with E-state index < -0.39 is 5.97 Å². The van der Waals surface area contributed by atoms with Crippen molar-refractivity contribution in [2.75, 3.05) is 5.32 Å². The summed E-state index contributed by atoms with van der Waals surface area (Å²) in [6.45, 7) is 0. The summed E-state index contributed by atoms with van der Waals surface area (Å²) in [4.78, 5) is 30.5. The summed E-state index contributed by atoms with van der Waals surface area (Å²) < 4.78 is 0. The quantitative estimate of drug-likeness (QED) is 0.826. The first-order chi connectivity index (χ1) is 9.66. The lowest BCUT2D eigenvalue weighted by molar-refractivity contribution is -0.131. The molecule has 0 unspecified atom stereocenters. The van der Waals surface area contributed by atoms with E-state index >= 15 is 0 Å². The highest BCUT2D eigenvalue weighted by molar-refractivity contribution is 6.06. The predicted molar refractivity (Wildman–Crippen MR) is 73.1 cm³/mol. The fraction of sp³-hybridized carbons (Fsp3) is 0. The lowest BCUT2D eigenvalue weighted by Crippen LogP contribution is -2.14. The van der Waals surface area contributed by atoms with Crippen molar-refractivity contribution in [3.05, 3.63) is 60.1 Å². The lowest BCUT2D eigenvalue weighted by atomic mass is 10.1. The van der Waals surface area contributed by atoms with Crippen LogP contribution in [0.25, 0.3) is 6.08 Å². The Morgan fingerprint density at radius 2 is 2.05 bits per heavy atom. The molecule has 2 N–H and O–H groups in total. The van der Waals surface area contributed by atoms with Crippen molar-refractivity contribution in [2.24, 2.45) is 0 Å². The Labute approximate surface area is 114 Å². The van der Waals surface area contributed by atoms with E-state index in [9.17, 15) is 9.59 Å². The Hall–Kier alpha value is -3.02. The van der Waals surface area contributed by atoms with Gasteiger partial charge in [-0.25, -0.2) is 9.78 Å². The zero-order valence-electron chi connectivity index (χ0n) is 10.4. The molecule has 2 aromatic rings. The average Bonchev–Trinajstić information content (AvgIpc) is 2.46. The molecule has 2 heterocycles. The number of carboxylic acid groups (broad SMARTS) is 1. The summed E-state index contributed by atoms with van der Waals surface area (Å²) >= 11 is 0. The molecule has 0 aliphatic carbocycles. The number of carboxylic acids is 1. The lowest BCUT2D eigenvalue weighted by Gasteiger charge is -2.06. The van der Waals surface area contributed by atoms with E-state index in [-0.39, 0.29) is 5.91 Å². The third-order valence-electron chi connectivity index (χ3n) is 2.41.